The second-order valence-electron chi connectivity index (χ2n) is 4.73. The van der Waals surface area contributed by atoms with Crippen molar-refractivity contribution in [3.8, 4) is 0 Å². The van der Waals surface area contributed by atoms with Crippen LogP contribution in [0.4, 0.5) is 0 Å². The van der Waals surface area contributed by atoms with E-state index >= 15 is 0 Å². The SMILES string of the molecule is CCC(C)C(NCC(=O)C(O)C(O)C(O)CO)C(=O)O. The summed E-state index contributed by atoms with van der Waals surface area (Å²) in [6.07, 6.45) is -4.76. The highest BCUT2D eigenvalue weighted by atomic mass is 16.4. The summed E-state index contributed by atoms with van der Waals surface area (Å²) in [5, 5.41) is 48.1. The van der Waals surface area contributed by atoms with E-state index in [1.807, 2.05) is 0 Å². The molecule has 5 atom stereocenters. The molecule has 0 rings (SSSR count). The van der Waals surface area contributed by atoms with E-state index in [0.29, 0.717) is 6.42 Å². The summed E-state index contributed by atoms with van der Waals surface area (Å²) in [7, 11) is 0. The van der Waals surface area contributed by atoms with Gasteiger partial charge in [0.15, 0.2) is 5.78 Å². The van der Waals surface area contributed by atoms with E-state index in [1.54, 1.807) is 13.8 Å². The first-order valence-electron chi connectivity index (χ1n) is 6.40. The molecule has 118 valence electrons. The second kappa shape index (κ2) is 8.98. The van der Waals surface area contributed by atoms with E-state index in [9.17, 15) is 19.8 Å². The third kappa shape index (κ3) is 5.51. The standard InChI is InChI=1S/C12H23NO7/c1-3-6(2)9(12(19)20)13-4-7(15)10(17)11(18)8(16)5-14/h6,8-11,13-14,16-18H,3-5H2,1-2H3,(H,19,20). The molecule has 0 aliphatic heterocycles. The van der Waals surface area contributed by atoms with Gasteiger partial charge >= 0.3 is 5.97 Å². The minimum Gasteiger partial charge on any atom is -0.480 e. The number of aliphatic hydroxyl groups excluding tert-OH is 4. The normalized spacial score (nSPS) is 18.9. The summed E-state index contributed by atoms with van der Waals surface area (Å²) in [4.78, 5) is 22.6. The summed E-state index contributed by atoms with van der Waals surface area (Å²) in [6.45, 7) is 2.25. The maximum Gasteiger partial charge on any atom is 0.320 e. The van der Waals surface area contributed by atoms with Gasteiger partial charge in [0, 0.05) is 0 Å². The van der Waals surface area contributed by atoms with Crippen molar-refractivity contribution in [1.82, 2.24) is 5.32 Å². The van der Waals surface area contributed by atoms with Crippen LogP contribution in [-0.2, 0) is 9.59 Å². The Kier molecular flexibility index (Phi) is 8.51. The maximum atomic E-state index is 11.6. The van der Waals surface area contributed by atoms with Crippen LogP contribution in [0.2, 0.25) is 0 Å². The number of Topliss-reactive ketones (excluding diaryl/α,β-unsaturated/α-hetero) is 1. The molecular formula is C12H23NO7. The van der Waals surface area contributed by atoms with Crippen molar-refractivity contribution in [2.24, 2.45) is 5.92 Å². The van der Waals surface area contributed by atoms with Crippen molar-refractivity contribution in [2.75, 3.05) is 13.2 Å². The average molecular weight is 293 g/mol. The van der Waals surface area contributed by atoms with Crippen LogP contribution in [0.5, 0.6) is 0 Å². The summed E-state index contributed by atoms with van der Waals surface area (Å²) in [5.74, 6) is -2.19. The Bertz CT molecular complexity index is 323. The minimum atomic E-state index is -1.89. The Morgan fingerprint density at radius 1 is 1.20 bits per heavy atom. The van der Waals surface area contributed by atoms with Crippen LogP contribution in [0.3, 0.4) is 0 Å². The zero-order valence-electron chi connectivity index (χ0n) is 11.6. The number of carbonyl (C=O) groups excluding carboxylic acids is 1. The van der Waals surface area contributed by atoms with Crippen LogP contribution < -0.4 is 5.32 Å². The highest BCUT2D eigenvalue weighted by Crippen LogP contribution is 2.08. The monoisotopic (exact) mass is 293 g/mol. The predicted molar refractivity (Wildman–Crippen MR) is 69.0 cm³/mol. The Labute approximate surface area is 117 Å². The maximum absolute atomic E-state index is 11.6. The van der Waals surface area contributed by atoms with Gasteiger partial charge in [-0.2, -0.15) is 0 Å². The highest BCUT2D eigenvalue weighted by Gasteiger charge is 2.31. The summed E-state index contributed by atoms with van der Waals surface area (Å²) >= 11 is 0. The van der Waals surface area contributed by atoms with Crippen molar-refractivity contribution in [1.29, 1.82) is 0 Å². The molecule has 0 aliphatic rings. The molecule has 20 heavy (non-hydrogen) atoms. The van der Waals surface area contributed by atoms with Gasteiger partial charge in [-0.3, -0.25) is 14.9 Å². The number of carboxylic acid groups (broad SMARTS) is 1. The Morgan fingerprint density at radius 3 is 2.15 bits per heavy atom. The summed E-state index contributed by atoms with van der Waals surface area (Å²) in [6, 6.07) is -0.948. The third-order valence-electron chi connectivity index (χ3n) is 3.21. The van der Waals surface area contributed by atoms with Crippen molar-refractivity contribution in [3.05, 3.63) is 0 Å². The Hall–Kier alpha value is -1.06. The molecule has 0 aromatic carbocycles. The van der Waals surface area contributed by atoms with Gasteiger partial charge in [-0.25, -0.2) is 0 Å². The van der Waals surface area contributed by atoms with Gasteiger partial charge in [0.05, 0.1) is 13.2 Å². The van der Waals surface area contributed by atoms with Crippen LogP contribution in [0.15, 0.2) is 0 Å². The molecule has 8 heteroatoms. The van der Waals surface area contributed by atoms with Crippen LogP contribution in [0.1, 0.15) is 20.3 Å². The topological polar surface area (TPSA) is 147 Å². The minimum absolute atomic E-state index is 0.217. The lowest BCUT2D eigenvalue weighted by atomic mass is 9.98. The van der Waals surface area contributed by atoms with Gasteiger partial charge in [-0.05, 0) is 5.92 Å². The number of hydrogen-bond acceptors (Lipinski definition) is 7. The van der Waals surface area contributed by atoms with Crippen LogP contribution >= 0.6 is 0 Å². The molecule has 8 nitrogen and oxygen atoms in total. The first-order chi connectivity index (χ1) is 9.26. The number of ketones is 1. The average Bonchev–Trinajstić information content (AvgIpc) is 2.43. The van der Waals surface area contributed by atoms with Gasteiger partial charge in [0.25, 0.3) is 0 Å². The van der Waals surface area contributed by atoms with Crippen LogP contribution in [-0.4, -0.2) is 74.8 Å². The molecule has 0 saturated heterocycles. The van der Waals surface area contributed by atoms with Gasteiger partial charge in [0.2, 0.25) is 0 Å². The molecule has 0 aromatic heterocycles. The zero-order valence-corrected chi connectivity index (χ0v) is 11.6. The van der Waals surface area contributed by atoms with E-state index in [2.05, 4.69) is 5.32 Å². The molecule has 5 unspecified atom stereocenters. The number of carboxylic acids is 1. The number of aliphatic hydroxyl groups is 4. The Balaban J connectivity index is 4.49. The van der Waals surface area contributed by atoms with Gasteiger partial charge in [0.1, 0.15) is 24.4 Å². The van der Waals surface area contributed by atoms with E-state index < -0.39 is 49.3 Å². The number of rotatable bonds is 10. The van der Waals surface area contributed by atoms with Crippen molar-refractivity contribution >= 4 is 11.8 Å². The number of nitrogens with one attached hydrogen (secondary N) is 1. The molecule has 0 heterocycles. The number of hydrogen-bond donors (Lipinski definition) is 6. The number of carbonyl (C=O) groups is 2. The molecule has 0 spiro atoms. The van der Waals surface area contributed by atoms with Crippen LogP contribution in [0.25, 0.3) is 0 Å². The fourth-order valence-corrected chi connectivity index (χ4v) is 1.59. The van der Waals surface area contributed by atoms with Crippen LogP contribution in [0, 0.1) is 5.92 Å². The highest BCUT2D eigenvalue weighted by molar-refractivity contribution is 5.86. The summed E-state index contributed by atoms with van der Waals surface area (Å²) < 4.78 is 0. The predicted octanol–water partition coefficient (Wildman–Crippen LogP) is -2.28. The third-order valence-corrected chi connectivity index (χ3v) is 3.21. The molecule has 0 bridgehead atoms. The summed E-state index contributed by atoms with van der Waals surface area (Å²) in [5.41, 5.74) is 0. The molecule has 0 aromatic rings. The zero-order chi connectivity index (χ0) is 15.9. The lowest BCUT2D eigenvalue weighted by molar-refractivity contribution is -0.142. The fraction of sp³-hybridized carbons (Fsp3) is 0.833. The van der Waals surface area contributed by atoms with Crippen molar-refractivity contribution < 1.29 is 35.1 Å². The fourth-order valence-electron chi connectivity index (χ4n) is 1.59. The lowest BCUT2D eigenvalue weighted by Crippen LogP contribution is -2.50. The van der Waals surface area contributed by atoms with Gasteiger partial charge in [-0.15, -0.1) is 0 Å². The molecule has 0 aliphatic carbocycles. The Morgan fingerprint density at radius 2 is 1.75 bits per heavy atom. The van der Waals surface area contributed by atoms with E-state index in [0.717, 1.165) is 0 Å². The number of aliphatic carboxylic acids is 1. The molecular weight excluding hydrogens is 270 g/mol. The molecule has 6 N–H and O–H groups in total. The van der Waals surface area contributed by atoms with E-state index in [-0.39, 0.29) is 5.92 Å². The quantitative estimate of drug-likeness (QED) is 0.264. The lowest BCUT2D eigenvalue weighted by Gasteiger charge is -2.23. The van der Waals surface area contributed by atoms with E-state index in [4.69, 9.17) is 15.3 Å². The second-order valence-corrected chi connectivity index (χ2v) is 4.73. The van der Waals surface area contributed by atoms with Crippen molar-refractivity contribution in [3.63, 3.8) is 0 Å². The van der Waals surface area contributed by atoms with Crippen molar-refractivity contribution in [2.45, 2.75) is 44.6 Å². The first kappa shape index (κ1) is 18.9. The molecule has 0 saturated carbocycles. The molecule has 0 radical (unpaired) electrons. The smallest absolute Gasteiger partial charge is 0.320 e. The molecule has 0 amide bonds. The molecule has 0 fully saturated rings. The van der Waals surface area contributed by atoms with Gasteiger partial charge in [-0.1, -0.05) is 20.3 Å². The largest absolute Gasteiger partial charge is 0.480 e. The van der Waals surface area contributed by atoms with E-state index in [1.165, 1.54) is 0 Å². The van der Waals surface area contributed by atoms with Gasteiger partial charge < -0.3 is 25.5 Å². The first-order valence-corrected chi connectivity index (χ1v) is 6.40.